The number of H-pyrrole nitrogens is 1. The van der Waals surface area contributed by atoms with E-state index in [1.54, 1.807) is 0 Å². The average Bonchev–Trinajstić information content (AvgIpc) is 2.48. The van der Waals surface area contributed by atoms with Crippen LogP contribution in [0.1, 0.15) is 30.9 Å². The number of hydrogen-bond donors (Lipinski definition) is 2. The molecule has 1 aromatic heterocycles. The van der Waals surface area contributed by atoms with Crippen LogP contribution in [0.25, 0.3) is 10.9 Å². The number of rotatable bonds is 1. The number of fused-ring (bicyclic) bond motifs is 1. The predicted molar refractivity (Wildman–Crippen MR) is 59.3 cm³/mol. The summed E-state index contributed by atoms with van der Waals surface area (Å²) < 4.78 is 13.6. The summed E-state index contributed by atoms with van der Waals surface area (Å²) in [5.41, 5.74) is 8.13. The molecule has 0 spiro atoms. The van der Waals surface area contributed by atoms with Gasteiger partial charge in [-0.1, -0.05) is 13.8 Å². The molecule has 0 atom stereocenters. The molecule has 0 aliphatic heterocycles. The van der Waals surface area contributed by atoms with Crippen molar-refractivity contribution in [2.45, 2.75) is 26.7 Å². The largest absolute Gasteiger partial charge is 0.382 e. The van der Waals surface area contributed by atoms with E-state index in [0.29, 0.717) is 17.3 Å². The summed E-state index contributed by atoms with van der Waals surface area (Å²) in [6.45, 7) is 6.02. The molecule has 0 saturated heterocycles. The van der Waals surface area contributed by atoms with Crippen LogP contribution in [0.2, 0.25) is 0 Å². The molecule has 0 radical (unpaired) electrons. The van der Waals surface area contributed by atoms with Crippen molar-refractivity contribution in [2.24, 2.45) is 0 Å². The lowest BCUT2D eigenvalue weighted by atomic mass is 9.94. The number of nitrogens with zero attached hydrogens (tertiary/aromatic N) is 1. The van der Waals surface area contributed by atoms with E-state index in [1.807, 2.05) is 6.92 Å². The van der Waals surface area contributed by atoms with E-state index in [4.69, 9.17) is 5.73 Å². The third-order valence-corrected chi connectivity index (χ3v) is 2.65. The highest BCUT2D eigenvalue weighted by Crippen LogP contribution is 2.32. The van der Waals surface area contributed by atoms with Crippen molar-refractivity contribution in [3.8, 4) is 0 Å². The summed E-state index contributed by atoms with van der Waals surface area (Å²) in [6.07, 6.45) is 0. The minimum absolute atomic E-state index is 0.295. The van der Waals surface area contributed by atoms with Crippen molar-refractivity contribution in [3.63, 3.8) is 0 Å². The number of hydrogen-bond acceptors (Lipinski definition) is 2. The summed E-state index contributed by atoms with van der Waals surface area (Å²) in [4.78, 5) is 0. The van der Waals surface area contributed by atoms with Gasteiger partial charge in [0.2, 0.25) is 0 Å². The SMILES string of the molecule is Cc1cc(F)c2[nH]nc(N)c2c1C(C)C. The van der Waals surface area contributed by atoms with Crippen molar-refractivity contribution in [2.75, 3.05) is 5.73 Å². The van der Waals surface area contributed by atoms with E-state index >= 15 is 0 Å². The molecule has 80 valence electrons. The van der Waals surface area contributed by atoms with Gasteiger partial charge in [0.1, 0.15) is 11.3 Å². The summed E-state index contributed by atoms with van der Waals surface area (Å²) in [6, 6.07) is 1.52. The first-order valence-corrected chi connectivity index (χ1v) is 4.95. The van der Waals surface area contributed by atoms with Gasteiger partial charge in [-0.25, -0.2) is 4.39 Å². The fourth-order valence-electron chi connectivity index (χ4n) is 2.08. The Kier molecular flexibility index (Phi) is 2.14. The molecule has 0 amide bonds. The Balaban J connectivity index is 2.93. The lowest BCUT2D eigenvalue weighted by Gasteiger charge is -2.11. The minimum atomic E-state index is -0.295. The Bertz CT molecular complexity index is 514. The molecule has 15 heavy (non-hydrogen) atoms. The van der Waals surface area contributed by atoms with Gasteiger partial charge in [0.05, 0.1) is 5.39 Å². The van der Waals surface area contributed by atoms with Gasteiger partial charge < -0.3 is 5.73 Å². The number of aromatic amines is 1. The van der Waals surface area contributed by atoms with Gasteiger partial charge in [-0.2, -0.15) is 5.10 Å². The minimum Gasteiger partial charge on any atom is -0.382 e. The van der Waals surface area contributed by atoms with Crippen LogP contribution in [0.5, 0.6) is 0 Å². The Morgan fingerprint density at radius 3 is 2.73 bits per heavy atom. The second kappa shape index (κ2) is 3.22. The number of nitrogen functional groups attached to an aromatic ring is 1. The number of nitrogens with two attached hydrogens (primary N) is 1. The van der Waals surface area contributed by atoms with E-state index in [2.05, 4.69) is 24.0 Å². The smallest absolute Gasteiger partial charge is 0.153 e. The Hall–Kier alpha value is -1.58. The van der Waals surface area contributed by atoms with Crippen molar-refractivity contribution >= 4 is 16.7 Å². The maximum Gasteiger partial charge on any atom is 0.153 e. The van der Waals surface area contributed by atoms with Gasteiger partial charge in [-0.3, -0.25) is 5.10 Å². The van der Waals surface area contributed by atoms with E-state index in [9.17, 15) is 4.39 Å². The Morgan fingerprint density at radius 2 is 2.13 bits per heavy atom. The van der Waals surface area contributed by atoms with Crippen LogP contribution >= 0.6 is 0 Å². The third-order valence-electron chi connectivity index (χ3n) is 2.65. The molecule has 3 nitrogen and oxygen atoms in total. The van der Waals surface area contributed by atoms with Crippen LogP contribution in [0.3, 0.4) is 0 Å². The van der Waals surface area contributed by atoms with Crippen molar-refractivity contribution in [1.82, 2.24) is 10.2 Å². The molecule has 1 aromatic carbocycles. The molecule has 1 heterocycles. The first-order valence-electron chi connectivity index (χ1n) is 4.95. The summed E-state index contributed by atoms with van der Waals surface area (Å²) in [5.74, 6) is 0.375. The fourth-order valence-corrected chi connectivity index (χ4v) is 2.08. The van der Waals surface area contributed by atoms with Gasteiger partial charge in [-0.05, 0) is 30.0 Å². The molecule has 0 bridgehead atoms. The standard InChI is InChI=1S/C11H14FN3/c1-5(2)8-6(3)4-7(12)10-9(8)11(13)15-14-10/h4-5H,1-3H3,(H3,13,14,15). The number of halogens is 1. The summed E-state index contributed by atoms with van der Waals surface area (Å²) in [5, 5.41) is 7.21. The van der Waals surface area contributed by atoms with Gasteiger partial charge in [0.25, 0.3) is 0 Å². The Labute approximate surface area is 87.5 Å². The topological polar surface area (TPSA) is 54.7 Å². The zero-order valence-corrected chi connectivity index (χ0v) is 9.06. The van der Waals surface area contributed by atoms with E-state index < -0.39 is 0 Å². The van der Waals surface area contributed by atoms with Crippen LogP contribution in [0, 0.1) is 12.7 Å². The van der Waals surface area contributed by atoms with Gasteiger partial charge >= 0.3 is 0 Å². The molecular formula is C11H14FN3. The number of aromatic nitrogens is 2. The van der Waals surface area contributed by atoms with Gasteiger partial charge in [-0.15, -0.1) is 0 Å². The van der Waals surface area contributed by atoms with Gasteiger partial charge in [0, 0.05) is 0 Å². The normalized spacial score (nSPS) is 11.5. The zero-order chi connectivity index (χ0) is 11.2. The van der Waals surface area contributed by atoms with Gasteiger partial charge in [0.15, 0.2) is 5.82 Å². The van der Waals surface area contributed by atoms with Crippen LogP contribution in [0.4, 0.5) is 10.2 Å². The van der Waals surface area contributed by atoms with Crippen LogP contribution in [-0.2, 0) is 0 Å². The number of aryl methyl sites for hydroxylation is 1. The number of benzene rings is 1. The molecule has 0 aliphatic carbocycles. The molecule has 0 aliphatic rings. The second-order valence-corrected chi connectivity index (χ2v) is 4.10. The quantitative estimate of drug-likeness (QED) is 0.755. The lowest BCUT2D eigenvalue weighted by Crippen LogP contribution is -1.97. The fraction of sp³-hybridized carbons (Fsp3) is 0.364. The summed E-state index contributed by atoms with van der Waals surface area (Å²) in [7, 11) is 0. The zero-order valence-electron chi connectivity index (χ0n) is 9.06. The first kappa shape index (κ1) is 9.96. The van der Waals surface area contributed by atoms with Crippen LogP contribution in [-0.4, -0.2) is 10.2 Å². The van der Waals surface area contributed by atoms with E-state index in [1.165, 1.54) is 6.07 Å². The highest BCUT2D eigenvalue weighted by molar-refractivity contribution is 5.93. The highest BCUT2D eigenvalue weighted by atomic mass is 19.1. The number of nitrogens with one attached hydrogen (secondary N) is 1. The second-order valence-electron chi connectivity index (χ2n) is 4.10. The molecule has 0 saturated carbocycles. The molecular weight excluding hydrogens is 193 g/mol. The van der Waals surface area contributed by atoms with Crippen LogP contribution in [0.15, 0.2) is 6.07 Å². The third kappa shape index (κ3) is 1.37. The lowest BCUT2D eigenvalue weighted by molar-refractivity contribution is 0.634. The number of anilines is 1. The summed E-state index contributed by atoms with van der Waals surface area (Å²) >= 11 is 0. The van der Waals surface area contributed by atoms with Crippen molar-refractivity contribution in [3.05, 3.63) is 23.0 Å². The maximum atomic E-state index is 13.6. The van der Waals surface area contributed by atoms with Crippen molar-refractivity contribution < 1.29 is 4.39 Å². The van der Waals surface area contributed by atoms with E-state index in [-0.39, 0.29) is 5.82 Å². The average molecular weight is 207 g/mol. The Morgan fingerprint density at radius 1 is 1.47 bits per heavy atom. The molecule has 2 rings (SSSR count). The molecule has 4 heteroatoms. The van der Waals surface area contributed by atoms with E-state index in [0.717, 1.165) is 16.5 Å². The molecule has 3 N–H and O–H groups in total. The molecule has 0 fully saturated rings. The monoisotopic (exact) mass is 207 g/mol. The predicted octanol–water partition coefficient (Wildman–Crippen LogP) is 2.72. The molecule has 0 unspecified atom stereocenters. The first-order chi connectivity index (χ1) is 7.02. The van der Waals surface area contributed by atoms with Crippen molar-refractivity contribution in [1.29, 1.82) is 0 Å². The molecule has 2 aromatic rings. The maximum absolute atomic E-state index is 13.6. The highest BCUT2D eigenvalue weighted by Gasteiger charge is 2.16. The van der Waals surface area contributed by atoms with Crippen LogP contribution < -0.4 is 5.73 Å².